The van der Waals surface area contributed by atoms with E-state index in [4.69, 9.17) is 19.3 Å². The van der Waals surface area contributed by atoms with Gasteiger partial charge in [0, 0.05) is 18.2 Å². The van der Waals surface area contributed by atoms with E-state index in [1.807, 2.05) is 0 Å². The van der Waals surface area contributed by atoms with Crippen LogP contribution in [-0.2, 0) is 0 Å². The highest BCUT2D eigenvalue weighted by Gasteiger charge is 2.23. The number of rotatable bonds is 5. The van der Waals surface area contributed by atoms with Crippen LogP contribution >= 0.6 is 0 Å². The molecule has 0 saturated heterocycles. The Bertz CT molecular complexity index is 1310. The average Bonchev–Trinajstić information content (AvgIpc) is 2.92. The first-order chi connectivity index (χ1) is 15.8. The van der Waals surface area contributed by atoms with Crippen LogP contribution in [0.25, 0.3) is 11.1 Å². The third-order valence-corrected chi connectivity index (χ3v) is 4.99. The lowest BCUT2D eigenvalue weighted by Crippen LogP contribution is -2.11. The molecule has 33 heavy (non-hydrogen) atoms. The summed E-state index contributed by atoms with van der Waals surface area (Å²) in [4.78, 5) is 34.4. The van der Waals surface area contributed by atoms with Gasteiger partial charge < -0.3 is 30.0 Å². The molecule has 0 bridgehead atoms. The minimum absolute atomic E-state index is 0.0736. The molecular formula is C22H17N3O8. The van der Waals surface area contributed by atoms with E-state index in [9.17, 15) is 19.7 Å². The van der Waals surface area contributed by atoms with Crippen LogP contribution in [0.2, 0.25) is 0 Å². The summed E-state index contributed by atoms with van der Waals surface area (Å²) in [6, 6.07) is 12.4. The zero-order chi connectivity index (χ0) is 23.7. The van der Waals surface area contributed by atoms with Gasteiger partial charge in [-0.3, -0.25) is 14.9 Å². The minimum Gasteiger partial charge on any atom is -0.493 e. The molecule has 11 heteroatoms. The molecule has 0 unspecified atom stereocenters. The maximum atomic E-state index is 12.8. The largest absolute Gasteiger partial charge is 0.511 e. The Morgan fingerprint density at radius 1 is 0.879 bits per heavy atom. The molecule has 0 saturated carbocycles. The average molecular weight is 451 g/mol. The van der Waals surface area contributed by atoms with E-state index in [0.717, 1.165) is 0 Å². The molecule has 168 valence electrons. The fourth-order valence-corrected chi connectivity index (χ4v) is 3.47. The monoisotopic (exact) mass is 451 g/mol. The molecule has 3 aromatic carbocycles. The maximum absolute atomic E-state index is 12.8. The molecule has 3 N–H and O–H groups in total. The van der Waals surface area contributed by atoms with Crippen LogP contribution in [0.3, 0.4) is 0 Å². The Morgan fingerprint density at radius 3 is 2.18 bits per heavy atom. The van der Waals surface area contributed by atoms with Crippen molar-refractivity contribution in [3.8, 4) is 28.4 Å². The highest BCUT2D eigenvalue weighted by atomic mass is 16.7. The second-order valence-corrected chi connectivity index (χ2v) is 6.90. The van der Waals surface area contributed by atoms with Crippen LogP contribution in [0.15, 0.2) is 48.5 Å². The van der Waals surface area contributed by atoms with Gasteiger partial charge in [0.25, 0.3) is 5.91 Å². The number of hydrogen-bond donors (Lipinski definition) is 3. The molecule has 1 aliphatic heterocycles. The number of methoxy groups -OCH3 is 2. The van der Waals surface area contributed by atoms with Crippen molar-refractivity contribution in [3.63, 3.8) is 0 Å². The number of carboxylic acid groups (broad SMARTS) is 1. The molecule has 0 aromatic heterocycles. The zero-order valence-corrected chi connectivity index (χ0v) is 17.4. The van der Waals surface area contributed by atoms with Crippen molar-refractivity contribution in [3.05, 3.63) is 64.2 Å². The van der Waals surface area contributed by atoms with E-state index in [0.29, 0.717) is 33.8 Å². The van der Waals surface area contributed by atoms with Gasteiger partial charge in [-0.2, -0.15) is 0 Å². The van der Waals surface area contributed by atoms with Crippen LogP contribution in [0.1, 0.15) is 10.4 Å². The van der Waals surface area contributed by atoms with Gasteiger partial charge in [0.1, 0.15) is 0 Å². The lowest BCUT2D eigenvalue weighted by Gasteiger charge is -2.14. The smallest absolute Gasteiger partial charge is 0.493 e. The highest BCUT2D eigenvalue weighted by molar-refractivity contribution is 6.12. The van der Waals surface area contributed by atoms with Gasteiger partial charge in [-0.25, -0.2) is 4.79 Å². The number of nitro benzene ring substituents is 1. The molecule has 0 atom stereocenters. The molecular weight excluding hydrogens is 434 g/mol. The third kappa shape index (κ3) is 4.06. The number of fused-ring (bicyclic) bond motifs is 2. The predicted molar refractivity (Wildman–Crippen MR) is 118 cm³/mol. The number of carbonyl (C=O) groups is 2. The Morgan fingerprint density at radius 2 is 1.52 bits per heavy atom. The summed E-state index contributed by atoms with van der Waals surface area (Å²) in [6.07, 6.45) is -1.52. The standard InChI is InChI=1S/C22H17N3O8/c1-31-18-8-12(4-6-17(18)25(29)30)11-3-5-13-14(7-11)23-15-9-19(32-2)20(33-22(27)28)10-16(15)24-21(13)26/h3-10,23H,1-2H3,(H,24,26)(H,27,28). The van der Waals surface area contributed by atoms with E-state index in [2.05, 4.69) is 10.6 Å². The SMILES string of the molecule is COc1cc2c(cc1OC(=O)O)NC(=O)c1ccc(-c3ccc([N+](=O)[O-])c(OC)c3)cc1N2. The second kappa shape index (κ2) is 8.38. The van der Waals surface area contributed by atoms with E-state index >= 15 is 0 Å². The van der Waals surface area contributed by atoms with Crippen molar-refractivity contribution >= 4 is 34.8 Å². The fourth-order valence-electron chi connectivity index (χ4n) is 3.47. The summed E-state index contributed by atoms with van der Waals surface area (Å²) in [5.41, 5.74) is 2.73. The van der Waals surface area contributed by atoms with E-state index in [-0.39, 0.29) is 22.9 Å². The Hall–Kier alpha value is -4.80. The Kier molecular flexibility index (Phi) is 5.44. The molecule has 0 aliphatic carbocycles. The van der Waals surface area contributed by atoms with E-state index in [1.165, 1.54) is 32.4 Å². The number of carbonyl (C=O) groups excluding carboxylic acids is 1. The van der Waals surface area contributed by atoms with Crippen LogP contribution < -0.4 is 24.8 Å². The molecule has 11 nitrogen and oxygen atoms in total. The normalized spacial score (nSPS) is 11.8. The topological polar surface area (TPSA) is 149 Å². The van der Waals surface area contributed by atoms with Crippen LogP contribution in [0.5, 0.6) is 17.2 Å². The summed E-state index contributed by atoms with van der Waals surface area (Å²) < 4.78 is 15.1. The lowest BCUT2D eigenvalue weighted by atomic mass is 10.0. The first-order valence-electron chi connectivity index (χ1n) is 9.48. The van der Waals surface area contributed by atoms with Crippen LogP contribution in [0, 0.1) is 10.1 Å². The number of anilines is 3. The number of nitrogens with one attached hydrogen (secondary N) is 2. The molecule has 0 radical (unpaired) electrons. The van der Waals surface area contributed by atoms with Crippen molar-refractivity contribution in [2.75, 3.05) is 24.9 Å². The minimum atomic E-state index is -1.52. The third-order valence-electron chi connectivity index (χ3n) is 4.99. The first kappa shape index (κ1) is 21.4. The quantitative estimate of drug-likeness (QED) is 0.218. The Labute approximate surface area is 186 Å². The summed E-state index contributed by atoms with van der Waals surface area (Å²) in [5, 5.41) is 26.0. The molecule has 0 spiro atoms. The summed E-state index contributed by atoms with van der Waals surface area (Å²) in [5.74, 6) is -0.234. The van der Waals surface area contributed by atoms with Gasteiger partial charge in [-0.1, -0.05) is 6.07 Å². The van der Waals surface area contributed by atoms with Gasteiger partial charge in [-0.05, 0) is 35.4 Å². The molecule has 1 aliphatic rings. The number of amides is 1. The zero-order valence-electron chi connectivity index (χ0n) is 17.4. The second-order valence-electron chi connectivity index (χ2n) is 6.90. The molecule has 4 rings (SSSR count). The van der Waals surface area contributed by atoms with Crippen molar-refractivity contribution < 1.29 is 33.8 Å². The van der Waals surface area contributed by atoms with E-state index < -0.39 is 17.0 Å². The van der Waals surface area contributed by atoms with E-state index in [1.54, 1.807) is 30.3 Å². The number of hydrogen-bond acceptors (Lipinski definition) is 8. The number of nitro groups is 1. The lowest BCUT2D eigenvalue weighted by molar-refractivity contribution is -0.385. The molecule has 0 fully saturated rings. The predicted octanol–water partition coefficient (Wildman–Crippen LogP) is 4.65. The maximum Gasteiger partial charge on any atom is 0.511 e. The molecule has 1 amide bonds. The molecule has 3 aromatic rings. The summed E-state index contributed by atoms with van der Waals surface area (Å²) in [6.45, 7) is 0. The number of nitrogens with zero attached hydrogens (tertiary/aromatic N) is 1. The van der Waals surface area contributed by atoms with Gasteiger partial charge in [0.05, 0.1) is 41.8 Å². The number of ether oxygens (including phenoxy) is 3. The fraction of sp³-hybridized carbons (Fsp3) is 0.0909. The summed E-state index contributed by atoms with van der Waals surface area (Å²) in [7, 11) is 2.71. The first-order valence-corrected chi connectivity index (χ1v) is 9.48. The van der Waals surface area contributed by atoms with Gasteiger partial charge >= 0.3 is 11.8 Å². The van der Waals surface area contributed by atoms with Crippen molar-refractivity contribution in [2.24, 2.45) is 0 Å². The summed E-state index contributed by atoms with van der Waals surface area (Å²) >= 11 is 0. The molecule has 1 heterocycles. The Balaban J connectivity index is 1.77. The van der Waals surface area contributed by atoms with Crippen LogP contribution in [0.4, 0.5) is 27.5 Å². The van der Waals surface area contributed by atoms with Crippen molar-refractivity contribution in [1.82, 2.24) is 0 Å². The van der Waals surface area contributed by atoms with Crippen molar-refractivity contribution in [2.45, 2.75) is 0 Å². The number of benzene rings is 3. The van der Waals surface area contributed by atoms with Crippen molar-refractivity contribution in [1.29, 1.82) is 0 Å². The van der Waals surface area contributed by atoms with Crippen LogP contribution in [-0.4, -0.2) is 36.3 Å². The highest BCUT2D eigenvalue weighted by Crippen LogP contribution is 2.41. The van der Waals surface area contributed by atoms with Gasteiger partial charge in [0.2, 0.25) is 0 Å². The van der Waals surface area contributed by atoms with Gasteiger partial charge in [0.15, 0.2) is 17.2 Å². The van der Waals surface area contributed by atoms with Gasteiger partial charge in [-0.15, -0.1) is 0 Å².